The SMILES string of the molecule is O=C(NC[C@H]1CCCO1)c1nc(Cn2ccc([N+](=O)[O-])n2)no1. The molecule has 122 valence electrons. The van der Waals surface area contributed by atoms with Crippen molar-refractivity contribution >= 4 is 11.7 Å². The highest BCUT2D eigenvalue weighted by molar-refractivity contribution is 5.89. The molecule has 0 radical (unpaired) electrons. The number of hydrogen-bond acceptors (Lipinski definition) is 8. The fraction of sp³-hybridized carbons (Fsp3) is 0.500. The molecule has 2 aromatic rings. The van der Waals surface area contributed by atoms with Crippen LogP contribution in [-0.4, -0.2) is 50.0 Å². The Morgan fingerprint density at radius 3 is 3.13 bits per heavy atom. The number of nitrogens with one attached hydrogen (secondary N) is 1. The van der Waals surface area contributed by atoms with E-state index in [1.54, 1.807) is 0 Å². The first-order valence-electron chi connectivity index (χ1n) is 7.02. The molecule has 1 N–H and O–H groups in total. The van der Waals surface area contributed by atoms with E-state index in [-0.39, 0.29) is 30.2 Å². The summed E-state index contributed by atoms with van der Waals surface area (Å²) in [7, 11) is 0. The number of carbonyl (C=O) groups is 1. The number of rotatable bonds is 6. The maximum Gasteiger partial charge on any atom is 0.389 e. The van der Waals surface area contributed by atoms with Gasteiger partial charge in [0.05, 0.1) is 23.5 Å². The van der Waals surface area contributed by atoms with Gasteiger partial charge in [0.25, 0.3) is 0 Å². The van der Waals surface area contributed by atoms with Gasteiger partial charge in [-0.15, -0.1) is 0 Å². The Balaban J connectivity index is 1.56. The van der Waals surface area contributed by atoms with Crippen LogP contribution in [0, 0.1) is 10.1 Å². The quantitative estimate of drug-likeness (QED) is 0.585. The van der Waals surface area contributed by atoms with Crippen LogP contribution in [0.25, 0.3) is 0 Å². The van der Waals surface area contributed by atoms with Gasteiger partial charge in [0.2, 0.25) is 0 Å². The first kappa shape index (κ1) is 15.1. The van der Waals surface area contributed by atoms with Gasteiger partial charge in [0, 0.05) is 13.2 Å². The standard InChI is InChI=1S/C12H14N6O5/c19-11(13-6-8-2-1-5-22-8)12-14-9(16-23-12)7-17-4-3-10(15-17)18(20)21/h3-4,8H,1-2,5-7H2,(H,13,19)/t8-/m1/s1. The van der Waals surface area contributed by atoms with E-state index in [0.29, 0.717) is 13.2 Å². The third-order valence-electron chi connectivity index (χ3n) is 3.29. The fourth-order valence-corrected chi connectivity index (χ4v) is 2.18. The number of hydrogen-bond donors (Lipinski definition) is 1. The monoisotopic (exact) mass is 322 g/mol. The van der Waals surface area contributed by atoms with Crippen molar-refractivity contribution in [2.24, 2.45) is 0 Å². The normalized spacial score (nSPS) is 17.3. The Morgan fingerprint density at radius 2 is 2.43 bits per heavy atom. The van der Waals surface area contributed by atoms with E-state index < -0.39 is 10.8 Å². The molecule has 11 heteroatoms. The van der Waals surface area contributed by atoms with Gasteiger partial charge in [-0.3, -0.25) is 4.79 Å². The average Bonchev–Trinajstić information content (AvgIpc) is 3.27. The first-order chi connectivity index (χ1) is 11.1. The van der Waals surface area contributed by atoms with Crippen LogP contribution in [0.3, 0.4) is 0 Å². The lowest BCUT2D eigenvalue weighted by atomic mass is 10.2. The van der Waals surface area contributed by atoms with Crippen molar-refractivity contribution in [2.45, 2.75) is 25.5 Å². The Bertz CT molecular complexity index is 704. The summed E-state index contributed by atoms with van der Waals surface area (Å²) in [6, 6.07) is 1.26. The molecule has 1 aliphatic rings. The predicted molar refractivity (Wildman–Crippen MR) is 73.6 cm³/mol. The summed E-state index contributed by atoms with van der Waals surface area (Å²) in [5.74, 6) is -0.723. The van der Waals surface area contributed by atoms with Crippen molar-refractivity contribution in [2.75, 3.05) is 13.2 Å². The minimum Gasteiger partial charge on any atom is -0.376 e. The maximum absolute atomic E-state index is 11.9. The topological polar surface area (TPSA) is 138 Å². The zero-order valence-corrected chi connectivity index (χ0v) is 12.0. The highest BCUT2D eigenvalue weighted by atomic mass is 16.6. The first-order valence-corrected chi connectivity index (χ1v) is 7.02. The second-order valence-corrected chi connectivity index (χ2v) is 4.99. The summed E-state index contributed by atoms with van der Waals surface area (Å²) in [4.78, 5) is 25.8. The van der Waals surface area contributed by atoms with Gasteiger partial charge >= 0.3 is 17.6 Å². The largest absolute Gasteiger partial charge is 0.389 e. The molecule has 0 spiro atoms. The molecular weight excluding hydrogens is 308 g/mol. The molecule has 11 nitrogen and oxygen atoms in total. The van der Waals surface area contributed by atoms with Gasteiger partial charge in [0.15, 0.2) is 5.82 Å². The number of nitro groups is 1. The van der Waals surface area contributed by atoms with Crippen molar-refractivity contribution in [3.05, 3.63) is 34.1 Å². The number of aromatic nitrogens is 4. The minimum absolute atomic E-state index is 0.0194. The molecule has 0 unspecified atom stereocenters. The lowest BCUT2D eigenvalue weighted by Crippen LogP contribution is -2.31. The van der Waals surface area contributed by atoms with Crippen molar-refractivity contribution in [1.29, 1.82) is 0 Å². The van der Waals surface area contributed by atoms with Gasteiger partial charge in [-0.05, 0) is 17.8 Å². The van der Waals surface area contributed by atoms with E-state index in [1.165, 1.54) is 16.9 Å². The summed E-state index contributed by atoms with van der Waals surface area (Å²) >= 11 is 0. The summed E-state index contributed by atoms with van der Waals surface area (Å²) in [6.07, 6.45) is 3.34. The van der Waals surface area contributed by atoms with Crippen LogP contribution in [-0.2, 0) is 11.3 Å². The highest BCUT2D eigenvalue weighted by Gasteiger charge is 2.20. The summed E-state index contributed by atoms with van der Waals surface area (Å²) in [6.45, 7) is 1.17. The molecule has 0 bridgehead atoms. The molecule has 1 amide bonds. The molecule has 3 rings (SSSR count). The molecule has 23 heavy (non-hydrogen) atoms. The van der Waals surface area contributed by atoms with E-state index >= 15 is 0 Å². The smallest absolute Gasteiger partial charge is 0.376 e. The second-order valence-electron chi connectivity index (χ2n) is 4.99. The summed E-state index contributed by atoms with van der Waals surface area (Å²) in [5.41, 5.74) is 0. The minimum atomic E-state index is -0.601. The maximum atomic E-state index is 11.9. The van der Waals surface area contributed by atoms with Crippen LogP contribution in [0.15, 0.2) is 16.8 Å². The molecule has 1 fully saturated rings. The summed E-state index contributed by atoms with van der Waals surface area (Å²) < 4.78 is 11.6. The van der Waals surface area contributed by atoms with Crippen molar-refractivity contribution in [1.82, 2.24) is 25.2 Å². The Morgan fingerprint density at radius 1 is 1.57 bits per heavy atom. The van der Waals surface area contributed by atoms with E-state index in [0.717, 1.165) is 12.8 Å². The molecule has 0 saturated carbocycles. The molecule has 2 aromatic heterocycles. The van der Waals surface area contributed by atoms with Crippen LogP contribution in [0.4, 0.5) is 5.82 Å². The van der Waals surface area contributed by atoms with E-state index in [1.807, 2.05) is 0 Å². The van der Waals surface area contributed by atoms with Crippen molar-refractivity contribution in [3.8, 4) is 0 Å². The van der Waals surface area contributed by atoms with Gasteiger partial charge in [0.1, 0.15) is 6.54 Å². The predicted octanol–water partition coefficient (Wildman–Crippen LogP) is 0.131. The molecule has 1 aliphatic heterocycles. The Hall–Kier alpha value is -2.82. The van der Waals surface area contributed by atoms with Crippen LogP contribution in [0.1, 0.15) is 29.4 Å². The molecular formula is C12H14N6O5. The van der Waals surface area contributed by atoms with E-state index in [9.17, 15) is 14.9 Å². The number of ether oxygens (including phenoxy) is 1. The molecule has 1 saturated heterocycles. The average molecular weight is 322 g/mol. The number of nitrogens with zero attached hydrogens (tertiary/aromatic N) is 5. The Kier molecular flexibility index (Phi) is 4.28. The number of amides is 1. The van der Waals surface area contributed by atoms with E-state index in [4.69, 9.17) is 9.26 Å². The van der Waals surface area contributed by atoms with Crippen LogP contribution < -0.4 is 5.32 Å². The zero-order chi connectivity index (χ0) is 16.2. The van der Waals surface area contributed by atoms with Crippen LogP contribution in [0.5, 0.6) is 0 Å². The summed E-state index contributed by atoms with van der Waals surface area (Å²) in [5, 5.41) is 20.6. The fourth-order valence-electron chi connectivity index (χ4n) is 2.18. The number of carbonyl (C=O) groups excluding carboxylic acids is 1. The van der Waals surface area contributed by atoms with Gasteiger partial charge in [-0.25, -0.2) is 0 Å². The third kappa shape index (κ3) is 3.69. The van der Waals surface area contributed by atoms with Crippen molar-refractivity contribution < 1.29 is 19.0 Å². The van der Waals surface area contributed by atoms with Gasteiger partial charge in [-0.2, -0.15) is 9.67 Å². The lowest BCUT2D eigenvalue weighted by molar-refractivity contribution is -0.389. The van der Waals surface area contributed by atoms with Crippen LogP contribution >= 0.6 is 0 Å². The molecule has 0 aromatic carbocycles. The highest BCUT2D eigenvalue weighted by Crippen LogP contribution is 2.11. The molecule has 3 heterocycles. The zero-order valence-electron chi connectivity index (χ0n) is 12.0. The Labute approximate surface area is 129 Å². The molecule has 1 atom stereocenters. The van der Waals surface area contributed by atoms with E-state index in [2.05, 4.69) is 20.6 Å². The van der Waals surface area contributed by atoms with Crippen molar-refractivity contribution in [3.63, 3.8) is 0 Å². The molecule has 0 aliphatic carbocycles. The third-order valence-corrected chi connectivity index (χ3v) is 3.29. The second kappa shape index (κ2) is 6.52. The van der Waals surface area contributed by atoms with Gasteiger partial charge < -0.3 is 24.7 Å². The lowest BCUT2D eigenvalue weighted by Gasteiger charge is -2.08. The van der Waals surface area contributed by atoms with Crippen LogP contribution in [0.2, 0.25) is 0 Å². The van der Waals surface area contributed by atoms with Gasteiger partial charge in [-0.1, -0.05) is 5.16 Å².